The van der Waals surface area contributed by atoms with Crippen LogP contribution in [-0.4, -0.2) is 20.2 Å². The van der Waals surface area contributed by atoms with Crippen molar-refractivity contribution >= 4 is 11.4 Å². The van der Waals surface area contributed by atoms with E-state index < -0.39 is 0 Å². The number of fused-ring (bicyclic) bond motifs is 1. The Morgan fingerprint density at radius 2 is 2.00 bits per heavy atom. The van der Waals surface area contributed by atoms with Gasteiger partial charge in [0.25, 0.3) is 0 Å². The number of imidazole rings is 1. The van der Waals surface area contributed by atoms with E-state index >= 15 is 0 Å². The number of nitrogens with zero attached hydrogens (tertiary/aromatic N) is 3. The fourth-order valence-electron chi connectivity index (χ4n) is 2.01. The fourth-order valence-corrected chi connectivity index (χ4v) is 2.01. The van der Waals surface area contributed by atoms with Crippen LogP contribution in [0, 0.1) is 6.92 Å². The second kappa shape index (κ2) is 4.07. The number of carbonyl (C=O) groups is 1. The Balaban J connectivity index is 2.21. The SMILES string of the molecule is Cc1nc2ccccn2c1C(=O)c1ccccn1. The summed E-state index contributed by atoms with van der Waals surface area (Å²) < 4.78 is 1.80. The van der Waals surface area contributed by atoms with Crippen molar-refractivity contribution in [2.45, 2.75) is 6.92 Å². The number of hydrogen-bond donors (Lipinski definition) is 0. The van der Waals surface area contributed by atoms with Crippen molar-refractivity contribution in [1.29, 1.82) is 0 Å². The Hall–Kier alpha value is -2.49. The van der Waals surface area contributed by atoms with Crippen molar-refractivity contribution in [3.8, 4) is 0 Å². The quantitative estimate of drug-likeness (QED) is 0.642. The normalized spacial score (nSPS) is 10.7. The average molecular weight is 237 g/mol. The van der Waals surface area contributed by atoms with Crippen LogP contribution >= 0.6 is 0 Å². The zero-order chi connectivity index (χ0) is 12.5. The van der Waals surface area contributed by atoms with Gasteiger partial charge in [0.05, 0.1) is 5.69 Å². The summed E-state index contributed by atoms with van der Waals surface area (Å²) in [4.78, 5) is 20.9. The monoisotopic (exact) mass is 237 g/mol. The van der Waals surface area contributed by atoms with Crippen molar-refractivity contribution in [1.82, 2.24) is 14.4 Å². The second-order valence-corrected chi connectivity index (χ2v) is 4.02. The van der Waals surface area contributed by atoms with Crippen LogP contribution in [0.15, 0.2) is 48.8 Å². The van der Waals surface area contributed by atoms with Gasteiger partial charge in [-0.05, 0) is 31.2 Å². The fraction of sp³-hybridized carbons (Fsp3) is 0.0714. The first-order chi connectivity index (χ1) is 8.77. The van der Waals surface area contributed by atoms with Crippen LogP contribution < -0.4 is 0 Å². The molecule has 3 aromatic heterocycles. The predicted octanol–water partition coefficient (Wildman–Crippen LogP) is 2.27. The van der Waals surface area contributed by atoms with Gasteiger partial charge in [0.15, 0.2) is 0 Å². The molecule has 0 unspecified atom stereocenters. The summed E-state index contributed by atoms with van der Waals surface area (Å²) in [6.07, 6.45) is 3.46. The highest BCUT2D eigenvalue weighted by atomic mass is 16.1. The van der Waals surface area contributed by atoms with Crippen molar-refractivity contribution in [3.63, 3.8) is 0 Å². The van der Waals surface area contributed by atoms with Crippen LogP contribution in [0.3, 0.4) is 0 Å². The molecule has 0 bridgehead atoms. The molecule has 0 N–H and O–H groups in total. The number of aryl methyl sites for hydroxylation is 1. The van der Waals surface area contributed by atoms with Gasteiger partial charge in [0.2, 0.25) is 5.78 Å². The van der Waals surface area contributed by atoms with E-state index in [2.05, 4.69) is 9.97 Å². The van der Waals surface area contributed by atoms with Gasteiger partial charge in [-0.15, -0.1) is 0 Å². The Bertz CT molecular complexity index is 716. The van der Waals surface area contributed by atoms with Crippen molar-refractivity contribution in [2.75, 3.05) is 0 Å². The summed E-state index contributed by atoms with van der Waals surface area (Å²) in [5.74, 6) is -0.105. The molecule has 0 saturated carbocycles. The highest BCUT2D eigenvalue weighted by molar-refractivity contribution is 6.07. The topological polar surface area (TPSA) is 47.3 Å². The summed E-state index contributed by atoms with van der Waals surface area (Å²) in [6.45, 7) is 1.84. The van der Waals surface area contributed by atoms with E-state index in [1.807, 2.05) is 31.3 Å². The first-order valence-corrected chi connectivity index (χ1v) is 5.67. The first kappa shape index (κ1) is 10.7. The summed E-state index contributed by atoms with van der Waals surface area (Å²) in [7, 11) is 0. The molecule has 4 heteroatoms. The lowest BCUT2D eigenvalue weighted by molar-refractivity contribution is 0.102. The lowest BCUT2D eigenvalue weighted by Crippen LogP contribution is -2.08. The van der Waals surface area contributed by atoms with Gasteiger partial charge in [-0.1, -0.05) is 12.1 Å². The predicted molar refractivity (Wildman–Crippen MR) is 67.6 cm³/mol. The third kappa shape index (κ3) is 1.59. The maximum Gasteiger partial charge on any atom is 0.229 e. The van der Waals surface area contributed by atoms with Crippen LogP contribution in [0.1, 0.15) is 21.9 Å². The minimum Gasteiger partial charge on any atom is -0.296 e. The number of rotatable bonds is 2. The number of carbonyl (C=O) groups excluding carboxylic acids is 1. The molecule has 0 aliphatic carbocycles. The molecule has 0 radical (unpaired) electrons. The van der Waals surface area contributed by atoms with E-state index in [9.17, 15) is 4.79 Å². The molecule has 4 nitrogen and oxygen atoms in total. The van der Waals surface area contributed by atoms with Crippen LogP contribution in [0.5, 0.6) is 0 Å². The number of aromatic nitrogens is 3. The lowest BCUT2D eigenvalue weighted by atomic mass is 10.1. The minimum absolute atomic E-state index is 0.105. The summed E-state index contributed by atoms with van der Waals surface area (Å²) in [6, 6.07) is 11.0. The smallest absolute Gasteiger partial charge is 0.229 e. The second-order valence-electron chi connectivity index (χ2n) is 4.02. The molecular weight excluding hydrogens is 226 g/mol. The highest BCUT2D eigenvalue weighted by Gasteiger charge is 2.18. The van der Waals surface area contributed by atoms with Crippen molar-refractivity contribution < 1.29 is 4.79 Å². The molecule has 0 amide bonds. The number of pyridine rings is 2. The van der Waals surface area contributed by atoms with Crippen molar-refractivity contribution in [2.24, 2.45) is 0 Å². The average Bonchev–Trinajstić information content (AvgIpc) is 2.75. The van der Waals surface area contributed by atoms with E-state index in [0.717, 1.165) is 11.3 Å². The molecule has 3 heterocycles. The van der Waals surface area contributed by atoms with Gasteiger partial charge in [-0.3, -0.25) is 14.2 Å². The maximum atomic E-state index is 12.4. The molecule has 0 aromatic carbocycles. The molecule has 0 aliphatic rings. The first-order valence-electron chi connectivity index (χ1n) is 5.67. The third-order valence-corrected chi connectivity index (χ3v) is 2.82. The molecule has 0 fully saturated rings. The van der Waals surface area contributed by atoms with Gasteiger partial charge in [0.1, 0.15) is 17.0 Å². The molecule has 0 atom stereocenters. The summed E-state index contributed by atoms with van der Waals surface area (Å²) in [5, 5.41) is 0. The van der Waals surface area contributed by atoms with E-state index in [1.165, 1.54) is 0 Å². The van der Waals surface area contributed by atoms with E-state index in [0.29, 0.717) is 11.4 Å². The zero-order valence-electron chi connectivity index (χ0n) is 9.87. The largest absolute Gasteiger partial charge is 0.296 e. The Kier molecular flexibility index (Phi) is 2.41. The zero-order valence-corrected chi connectivity index (χ0v) is 9.87. The van der Waals surface area contributed by atoms with Crippen LogP contribution in [-0.2, 0) is 0 Å². The molecule has 0 spiro atoms. The summed E-state index contributed by atoms with van der Waals surface area (Å²) in [5.41, 5.74) is 2.50. The third-order valence-electron chi connectivity index (χ3n) is 2.82. The van der Waals surface area contributed by atoms with Gasteiger partial charge < -0.3 is 0 Å². The highest BCUT2D eigenvalue weighted by Crippen LogP contribution is 2.15. The Labute approximate surface area is 104 Å². The van der Waals surface area contributed by atoms with Crippen LogP contribution in [0.4, 0.5) is 0 Å². The van der Waals surface area contributed by atoms with Crippen molar-refractivity contribution in [3.05, 3.63) is 65.9 Å². The molecular formula is C14H11N3O. The standard InChI is InChI=1S/C14H11N3O/c1-10-13(14(18)11-6-2-4-8-15-11)17-9-5-3-7-12(17)16-10/h2-9H,1H3. The number of ketones is 1. The summed E-state index contributed by atoms with van der Waals surface area (Å²) >= 11 is 0. The Morgan fingerprint density at radius 3 is 2.78 bits per heavy atom. The van der Waals surface area contributed by atoms with E-state index in [1.54, 1.807) is 28.8 Å². The molecule has 18 heavy (non-hydrogen) atoms. The van der Waals surface area contributed by atoms with Gasteiger partial charge in [0, 0.05) is 12.4 Å². The van der Waals surface area contributed by atoms with Crippen LogP contribution in [0.25, 0.3) is 5.65 Å². The van der Waals surface area contributed by atoms with E-state index in [-0.39, 0.29) is 5.78 Å². The minimum atomic E-state index is -0.105. The Morgan fingerprint density at radius 1 is 1.17 bits per heavy atom. The molecule has 3 aromatic rings. The van der Waals surface area contributed by atoms with Crippen LogP contribution in [0.2, 0.25) is 0 Å². The van der Waals surface area contributed by atoms with Gasteiger partial charge >= 0.3 is 0 Å². The van der Waals surface area contributed by atoms with Gasteiger partial charge in [-0.25, -0.2) is 4.98 Å². The van der Waals surface area contributed by atoms with E-state index in [4.69, 9.17) is 0 Å². The molecule has 88 valence electrons. The molecule has 0 saturated heterocycles. The van der Waals surface area contributed by atoms with Gasteiger partial charge in [-0.2, -0.15) is 0 Å². The number of hydrogen-bond acceptors (Lipinski definition) is 3. The maximum absolute atomic E-state index is 12.4. The lowest BCUT2D eigenvalue weighted by Gasteiger charge is -2.01. The molecule has 0 aliphatic heterocycles. The molecule has 3 rings (SSSR count).